The van der Waals surface area contributed by atoms with Gasteiger partial charge in [0.2, 0.25) is 0 Å². The second kappa shape index (κ2) is 8.02. The van der Waals surface area contributed by atoms with Crippen LogP contribution >= 0.6 is 0 Å². The summed E-state index contributed by atoms with van der Waals surface area (Å²) in [5.41, 5.74) is -1.53. The highest BCUT2D eigenvalue weighted by molar-refractivity contribution is 5.84. The van der Waals surface area contributed by atoms with Gasteiger partial charge in [0.05, 0.1) is 12.2 Å². The van der Waals surface area contributed by atoms with Crippen LogP contribution in [0.2, 0.25) is 0 Å². The smallest absolute Gasteiger partial charge is 0.152 e. The number of carbonyl (C=O) groups is 1. The first-order valence-corrected chi connectivity index (χ1v) is 9.71. The Morgan fingerprint density at radius 3 is 2.57 bits per heavy atom. The summed E-state index contributed by atoms with van der Waals surface area (Å²) in [6, 6.07) is 2.39. The standard InChI is InChI=1S/C20H28F2N2O4/c1-3-20(27,19(22)4-6-24(2)7-5-19)14-8-13(12-25)18(17(21)9-14)23-28-16-10-15(26)11-16/h8-9,12,15-16,23,26-27H,3-7,10-11H2,1-2H3/t15-,16+,20?. The molecule has 0 radical (unpaired) electrons. The molecule has 0 amide bonds. The predicted octanol–water partition coefficient (Wildman–Crippen LogP) is 2.54. The molecule has 1 aliphatic carbocycles. The summed E-state index contributed by atoms with van der Waals surface area (Å²) in [7, 11) is 1.89. The average molecular weight is 398 g/mol. The predicted molar refractivity (Wildman–Crippen MR) is 100 cm³/mol. The Morgan fingerprint density at radius 1 is 1.39 bits per heavy atom. The van der Waals surface area contributed by atoms with Crippen LogP contribution in [0.5, 0.6) is 0 Å². The minimum absolute atomic E-state index is 0.0475. The minimum atomic E-state index is -1.91. The van der Waals surface area contributed by atoms with Gasteiger partial charge in [0.15, 0.2) is 6.29 Å². The fourth-order valence-electron chi connectivity index (χ4n) is 4.01. The molecule has 1 aliphatic heterocycles. The fourth-order valence-corrected chi connectivity index (χ4v) is 4.01. The SMILES string of the molecule is CCC(O)(c1cc(F)c(NO[C@H]2C[C@@H](O)C2)c(C=O)c1)C1(F)CCN(C)CC1. The van der Waals surface area contributed by atoms with E-state index >= 15 is 4.39 Å². The van der Waals surface area contributed by atoms with Gasteiger partial charge in [0.1, 0.15) is 22.8 Å². The molecular weight excluding hydrogens is 370 g/mol. The van der Waals surface area contributed by atoms with E-state index in [2.05, 4.69) is 5.48 Å². The van der Waals surface area contributed by atoms with E-state index in [1.807, 2.05) is 11.9 Å². The van der Waals surface area contributed by atoms with Crippen LogP contribution < -0.4 is 5.48 Å². The zero-order valence-corrected chi connectivity index (χ0v) is 16.3. The maximum Gasteiger partial charge on any atom is 0.152 e. The van der Waals surface area contributed by atoms with Crippen LogP contribution in [0.4, 0.5) is 14.5 Å². The number of aliphatic hydroxyl groups is 2. The molecule has 1 saturated carbocycles. The lowest BCUT2D eigenvalue weighted by atomic mass is 9.71. The second-order valence-electron chi connectivity index (χ2n) is 7.99. The summed E-state index contributed by atoms with van der Waals surface area (Å²) >= 11 is 0. The molecule has 1 heterocycles. The van der Waals surface area contributed by atoms with E-state index in [1.54, 1.807) is 6.92 Å². The van der Waals surface area contributed by atoms with Gasteiger partial charge in [-0.3, -0.25) is 15.1 Å². The Labute approximate surface area is 163 Å². The lowest BCUT2D eigenvalue weighted by molar-refractivity contribution is -0.136. The molecule has 0 aromatic heterocycles. The molecule has 3 N–H and O–H groups in total. The summed E-state index contributed by atoms with van der Waals surface area (Å²) in [6.07, 6.45) is 0.902. The molecule has 0 spiro atoms. The number of carbonyl (C=O) groups excluding carboxylic acids is 1. The van der Waals surface area contributed by atoms with Crippen LogP contribution in [0.25, 0.3) is 0 Å². The van der Waals surface area contributed by atoms with E-state index in [0.29, 0.717) is 32.2 Å². The number of alkyl halides is 1. The number of hydrogen-bond acceptors (Lipinski definition) is 6. The molecule has 0 bridgehead atoms. The van der Waals surface area contributed by atoms with Gasteiger partial charge in [0.25, 0.3) is 0 Å². The summed E-state index contributed by atoms with van der Waals surface area (Å²) in [5.74, 6) is -0.803. The van der Waals surface area contributed by atoms with Crippen LogP contribution in [-0.4, -0.2) is 59.4 Å². The lowest BCUT2D eigenvalue weighted by Gasteiger charge is -2.45. The average Bonchev–Trinajstić information content (AvgIpc) is 2.66. The van der Waals surface area contributed by atoms with Gasteiger partial charge < -0.3 is 15.1 Å². The molecule has 6 nitrogen and oxygen atoms in total. The monoisotopic (exact) mass is 398 g/mol. The topological polar surface area (TPSA) is 82.0 Å². The fraction of sp³-hybridized carbons (Fsp3) is 0.650. The maximum absolute atomic E-state index is 15.7. The van der Waals surface area contributed by atoms with E-state index in [4.69, 9.17) is 4.84 Å². The molecule has 3 rings (SSSR count). The van der Waals surface area contributed by atoms with Crippen LogP contribution in [0.15, 0.2) is 12.1 Å². The number of halogens is 2. The van der Waals surface area contributed by atoms with Gasteiger partial charge >= 0.3 is 0 Å². The lowest BCUT2D eigenvalue weighted by Crippen LogP contribution is -2.54. The summed E-state index contributed by atoms with van der Waals surface area (Å²) in [5, 5.41) is 20.5. The Morgan fingerprint density at radius 2 is 2.04 bits per heavy atom. The molecule has 1 atom stereocenters. The van der Waals surface area contributed by atoms with Crippen molar-refractivity contribution in [3.63, 3.8) is 0 Å². The number of anilines is 1. The first kappa shape index (κ1) is 21.1. The van der Waals surface area contributed by atoms with Gasteiger partial charge in [-0.05, 0) is 44.0 Å². The van der Waals surface area contributed by atoms with Crippen molar-refractivity contribution in [1.29, 1.82) is 0 Å². The minimum Gasteiger partial charge on any atom is -0.393 e. The molecule has 2 aliphatic rings. The molecule has 1 unspecified atom stereocenters. The van der Waals surface area contributed by atoms with E-state index in [0.717, 1.165) is 6.07 Å². The zero-order valence-electron chi connectivity index (χ0n) is 16.3. The van der Waals surface area contributed by atoms with Crippen LogP contribution in [0, 0.1) is 5.82 Å². The molecule has 1 saturated heterocycles. The highest BCUT2D eigenvalue weighted by Crippen LogP contribution is 2.46. The molecule has 28 heavy (non-hydrogen) atoms. The van der Waals surface area contributed by atoms with Gasteiger partial charge in [0, 0.05) is 31.5 Å². The normalized spacial score (nSPS) is 26.9. The highest BCUT2D eigenvalue weighted by atomic mass is 19.1. The molecule has 1 aromatic rings. The molecule has 156 valence electrons. The van der Waals surface area contributed by atoms with E-state index < -0.39 is 23.2 Å². The first-order valence-electron chi connectivity index (χ1n) is 9.71. The van der Waals surface area contributed by atoms with E-state index in [1.165, 1.54) is 6.07 Å². The largest absolute Gasteiger partial charge is 0.393 e. The Balaban J connectivity index is 1.88. The van der Waals surface area contributed by atoms with Gasteiger partial charge in [-0.15, -0.1) is 0 Å². The third-order valence-electron chi connectivity index (χ3n) is 6.16. The van der Waals surface area contributed by atoms with Crippen molar-refractivity contribution in [3.05, 3.63) is 29.1 Å². The number of likely N-dealkylation sites (tertiary alicyclic amines) is 1. The number of hydrogen-bond donors (Lipinski definition) is 3. The number of aliphatic hydroxyl groups excluding tert-OH is 1. The van der Waals surface area contributed by atoms with Gasteiger partial charge in [-0.1, -0.05) is 6.92 Å². The van der Waals surface area contributed by atoms with Gasteiger partial charge in [-0.25, -0.2) is 8.78 Å². The number of nitrogens with one attached hydrogen (secondary N) is 1. The Kier molecular flexibility index (Phi) is 6.05. The van der Waals surface area contributed by atoms with Crippen molar-refractivity contribution < 1.29 is 28.6 Å². The van der Waals surface area contributed by atoms with Crippen molar-refractivity contribution >= 4 is 12.0 Å². The highest BCUT2D eigenvalue weighted by Gasteiger charge is 2.52. The Hall–Kier alpha value is -1.61. The molecule has 2 fully saturated rings. The number of nitrogens with zero attached hydrogens (tertiary/aromatic N) is 1. The maximum atomic E-state index is 15.7. The third kappa shape index (κ3) is 3.78. The first-order chi connectivity index (χ1) is 13.2. The zero-order chi connectivity index (χ0) is 20.5. The number of aldehydes is 1. The van der Waals surface area contributed by atoms with E-state index in [-0.39, 0.29) is 42.2 Å². The number of piperidine rings is 1. The molecule has 1 aromatic carbocycles. The van der Waals surface area contributed by atoms with Crippen LogP contribution in [0.3, 0.4) is 0 Å². The van der Waals surface area contributed by atoms with Crippen molar-refractivity contribution in [2.75, 3.05) is 25.6 Å². The molecule has 8 heteroatoms. The van der Waals surface area contributed by atoms with Crippen LogP contribution in [-0.2, 0) is 10.4 Å². The molecular formula is C20H28F2N2O4. The van der Waals surface area contributed by atoms with E-state index in [9.17, 15) is 19.4 Å². The summed E-state index contributed by atoms with van der Waals surface area (Å²) in [4.78, 5) is 18.8. The number of rotatable bonds is 7. The summed E-state index contributed by atoms with van der Waals surface area (Å²) in [6.45, 7) is 2.63. The third-order valence-corrected chi connectivity index (χ3v) is 6.16. The van der Waals surface area contributed by atoms with Crippen molar-refractivity contribution in [3.8, 4) is 0 Å². The Bertz CT molecular complexity index is 718. The van der Waals surface area contributed by atoms with Crippen molar-refractivity contribution in [1.82, 2.24) is 4.90 Å². The quantitative estimate of drug-likeness (QED) is 0.484. The van der Waals surface area contributed by atoms with Crippen molar-refractivity contribution in [2.45, 2.75) is 62.5 Å². The second-order valence-corrected chi connectivity index (χ2v) is 7.99. The number of benzene rings is 1. The summed E-state index contributed by atoms with van der Waals surface area (Å²) < 4.78 is 30.5. The van der Waals surface area contributed by atoms with Gasteiger partial charge in [-0.2, -0.15) is 0 Å². The van der Waals surface area contributed by atoms with Crippen molar-refractivity contribution in [2.24, 2.45) is 0 Å². The van der Waals surface area contributed by atoms with Crippen LogP contribution in [0.1, 0.15) is 54.9 Å².